The van der Waals surface area contributed by atoms with Gasteiger partial charge in [-0.1, -0.05) is 6.42 Å². The second-order valence-corrected chi connectivity index (χ2v) is 10.1. The monoisotopic (exact) mass is 420 g/mol. The van der Waals surface area contributed by atoms with Crippen LogP contribution in [-0.2, 0) is 21.2 Å². The van der Waals surface area contributed by atoms with E-state index in [-0.39, 0.29) is 22.2 Å². The third kappa shape index (κ3) is 3.89. The molecule has 8 nitrogen and oxygen atoms in total. The van der Waals surface area contributed by atoms with Crippen LogP contribution in [0.15, 0.2) is 39.3 Å². The van der Waals surface area contributed by atoms with Crippen molar-refractivity contribution < 1.29 is 13.2 Å². The molecule has 2 aromatic heterocycles. The molecule has 1 fully saturated rings. The fourth-order valence-electron chi connectivity index (χ4n) is 3.30. The molecule has 3 heterocycles. The molecular weight excluding hydrogens is 400 g/mol. The zero-order chi connectivity index (χ0) is 19.7. The highest BCUT2D eigenvalue weighted by Crippen LogP contribution is 2.27. The minimum atomic E-state index is -3.47. The summed E-state index contributed by atoms with van der Waals surface area (Å²) in [6, 6.07) is 8.34. The Morgan fingerprint density at radius 1 is 1.07 bits per heavy atom. The van der Waals surface area contributed by atoms with Gasteiger partial charge in [0.2, 0.25) is 5.91 Å². The number of benzene rings is 1. The molecular formula is C18H20N4O4S2. The Labute approximate surface area is 165 Å². The minimum absolute atomic E-state index is 0.0852. The van der Waals surface area contributed by atoms with Crippen LogP contribution < -0.4 is 11.0 Å². The van der Waals surface area contributed by atoms with Crippen LogP contribution in [-0.4, -0.2) is 41.7 Å². The van der Waals surface area contributed by atoms with Crippen LogP contribution in [0.2, 0.25) is 0 Å². The van der Waals surface area contributed by atoms with Gasteiger partial charge in [0.05, 0.1) is 17.5 Å². The summed E-state index contributed by atoms with van der Waals surface area (Å²) in [5.41, 5.74) is 1.52. The number of carbonyl (C=O) groups is 1. The van der Waals surface area contributed by atoms with Crippen LogP contribution in [0, 0.1) is 0 Å². The van der Waals surface area contributed by atoms with E-state index < -0.39 is 10.0 Å². The van der Waals surface area contributed by atoms with Gasteiger partial charge in [-0.25, -0.2) is 13.2 Å². The molecule has 4 rings (SSSR count). The van der Waals surface area contributed by atoms with Crippen molar-refractivity contribution in [3.05, 3.63) is 45.7 Å². The van der Waals surface area contributed by atoms with Crippen LogP contribution in [0.5, 0.6) is 0 Å². The zero-order valence-electron chi connectivity index (χ0n) is 15.0. The smallest absolute Gasteiger partial charge is 0.323 e. The van der Waals surface area contributed by atoms with Crippen LogP contribution in [0.1, 0.15) is 24.1 Å². The van der Waals surface area contributed by atoms with E-state index in [1.807, 2.05) is 0 Å². The van der Waals surface area contributed by atoms with Crippen molar-refractivity contribution in [3.8, 4) is 0 Å². The number of aromatic nitrogens is 2. The summed E-state index contributed by atoms with van der Waals surface area (Å²) < 4.78 is 27.2. The highest BCUT2D eigenvalue weighted by Gasteiger charge is 2.27. The average molecular weight is 421 g/mol. The molecule has 0 spiro atoms. The Bertz CT molecular complexity index is 1170. The summed E-state index contributed by atoms with van der Waals surface area (Å²) in [6.45, 7) is 1.11. The fraction of sp³-hybridized carbons (Fsp3) is 0.333. The maximum absolute atomic E-state index is 12.7. The van der Waals surface area contributed by atoms with Crippen LogP contribution in [0.3, 0.4) is 0 Å². The topological polar surface area (TPSA) is 115 Å². The van der Waals surface area contributed by atoms with Crippen molar-refractivity contribution in [2.24, 2.45) is 0 Å². The fourth-order valence-corrected chi connectivity index (χ4v) is 6.32. The quantitative estimate of drug-likeness (QED) is 0.587. The molecule has 10 heteroatoms. The molecule has 1 aliphatic rings. The van der Waals surface area contributed by atoms with E-state index in [1.165, 1.54) is 4.31 Å². The van der Waals surface area contributed by atoms with Crippen molar-refractivity contribution >= 4 is 44.0 Å². The van der Waals surface area contributed by atoms with Gasteiger partial charge in [0.1, 0.15) is 4.21 Å². The van der Waals surface area contributed by atoms with Crippen LogP contribution in [0.25, 0.3) is 11.0 Å². The lowest BCUT2D eigenvalue weighted by atomic mass is 10.2. The number of thiophene rings is 1. The van der Waals surface area contributed by atoms with Gasteiger partial charge in [0.25, 0.3) is 10.0 Å². The molecule has 1 aliphatic heterocycles. The Balaban J connectivity index is 1.44. The lowest BCUT2D eigenvalue weighted by Crippen LogP contribution is -2.35. The minimum Gasteiger partial charge on any atom is -0.326 e. The normalized spacial score (nSPS) is 15.7. The molecule has 1 saturated heterocycles. The van der Waals surface area contributed by atoms with Crippen molar-refractivity contribution in [1.29, 1.82) is 0 Å². The van der Waals surface area contributed by atoms with Gasteiger partial charge in [0, 0.05) is 23.7 Å². The zero-order valence-corrected chi connectivity index (χ0v) is 16.7. The summed E-state index contributed by atoms with van der Waals surface area (Å²) in [4.78, 5) is 29.6. The molecule has 1 aromatic carbocycles. The van der Waals surface area contributed by atoms with E-state index >= 15 is 0 Å². The van der Waals surface area contributed by atoms with Gasteiger partial charge in [-0.2, -0.15) is 4.31 Å². The van der Waals surface area contributed by atoms with E-state index in [0.717, 1.165) is 30.6 Å². The number of hydrogen-bond donors (Lipinski definition) is 3. The van der Waals surface area contributed by atoms with Gasteiger partial charge in [-0.15, -0.1) is 11.3 Å². The van der Waals surface area contributed by atoms with E-state index in [1.54, 1.807) is 30.3 Å². The molecule has 28 heavy (non-hydrogen) atoms. The van der Waals surface area contributed by atoms with Crippen molar-refractivity contribution in [1.82, 2.24) is 14.3 Å². The van der Waals surface area contributed by atoms with Crippen LogP contribution in [0.4, 0.5) is 5.69 Å². The molecule has 0 atom stereocenters. The predicted molar refractivity (Wildman–Crippen MR) is 108 cm³/mol. The molecule has 0 radical (unpaired) electrons. The second-order valence-electron chi connectivity index (χ2n) is 6.75. The summed E-state index contributed by atoms with van der Waals surface area (Å²) in [7, 11) is -3.47. The number of nitrogens with zero attached hydrogens (tertiary/aromatic N) is 1. The van der Waals surface area contributed by atoms with Gasteiger partial charge in [-0.05, 0) is 43.2 Å². The van der Waals surface area contributed by atoms with Gasteiger partial charge >= 0.3 is 5.69 Å². The summed E-state index contributed by atoms with van der Waals surface area (Å²) >= 11 is 1.14. The SMILES string of the molecule is O=C(Cc1ccc(S(=O)(=O)N2CCCCC2)s1)Nc1ccc2[nH]c(=O)[nH]c2c1. The molecule has 148 valence electrons. The maximum atomic E-state index is 12.7. The highest BCUT2D eigenvalue weighted by atomic mass is 32.2. The summed E-state index contributed by atoms with van der Waals surface area (Å²) in [5.74, 6) is -0.249. The average Bonchev–Trinajstić information content (AvgIpc) is 3.28. The van der Waals surface area contributed by atoms with E-state index in [2.05, 4.69) is 15.3 Å². The number of nitrogens with one attached hydrogen (secondary N) is 3. The van der Waals surface area contributed by atoms with Crippen molar-refractivity contribution in [3.63, 3.8) is 0 Å². The van der Waals surface area contributed by atoms with E-state index in [9.17, 15) is 18.0 Å². The molecule has 0 saturated carbocycles. The maximum Gasteiger partial charge on any atom is 0.323 e. The second kappa shape index (κ2) is 7.53. The molecule has 3 N–H and O–H groups in total. The number of sulfonamides is 1. The Hall–Kier alpha value is -2.43. The first-order chi connectivity index (χ1) is 13.4. The van der Waals surface area contributed by atoms with E-state index in [4.69, 9.17) is 0 Å². The molecule has 0 unspecified atom stereocenters. The largest absolute Gasteiger partial charge is 0.326 e. The Morgan fingerprint density at radius 2 is 1.82 bits per heavy atom. The Morgan fingerprint density at radius 3 is 2.61 bits per heavy atom. The number of rotatable bonds is 5. The number of hydrogen-bond acceptors (Lipinski definition) is 5. The number of fused-ring (bicyclic) bond motifs is 1. The number of piperidine rings is 1. The number of carbonyl (C=O) groups excluding carboxylic acids is 1. The molecule has 3 aromatic rings. The third-order valence-electron chi connectivity index (χ3n) is 4.68. The van der Waals surface area contributed by atoms with Gasteiger partial charge < -0.3 is 15.3 Å². The predicted octanol–water partition coefficient (Wildman–Crippen LogP) is 2.27. The summed E-state index contributed by atoms with van der Waals surface area (Å²) in [5, 5.41) is 2.78. The number of imidazole rings is 1. The highest BCUT2D eigenvalue weighted by molar-refractivity contribution is 7.91. The third-order valence-corrected chi connectivity index (χ3v) is 8.13. The van der Waals surface area contributed by atoms with Crippen molar-refractivity contribution in [2.45, 2.75) is 29.9 Å². The number of aromatic amines is 2. The standard InChI is InChI=1S/C18H20N4O4S2/c23-16(19-12-4-6-14-15(10-12)21-18(24)20-14)11-13-5-7-17(27-13)28(25,26)22-8-2-1-3-9-22/h4-7,10H,1-3,8-9,11H2,(H,19,23)(H2,20,21,24). The number of amides is 1. The molecule has 0 aliphatic carbocycles. The number of anilines is 1. The van der Waals surface area contributed by atoms with Gasteiger partial charge in [-0.3, -0.25) is 4.79 Å². The first kappa shape index (κ1) is 18.9. The molecule has 1 amide bonds. The first-order valence-corrected chi connectivity index (χ1v) is 11.3. The summed E-state index contributed by atoms with van der Waals surface area (Å²) in [6.07, 6.45) is 2.92. The lowest BCUT2D eigenvalue weighted by Gasteiger charge is -2.25. The van der Waals surface area contributed by atoms with Crippen molar-refractivity contribution in [2.75, 3.05) is 18.4 Å². The van der Waals surface area contributed by atoms with Crippen LogP contribution >= 0.6 is 11.3 Å². The number of H-pyrrole nitrogens is 2. The molecule has 0 bridgehead atoms. The first-order valence-electron chi connectivity index (χ1n) is 9.02. The van der Waals surface area contributed by atoms with Gasteiger partial charge in [0.15, 0.2) is 0 Å². The lowest BCUT2D eigenvalue weighted by molar-refractivity contribution is -0.115. The Kier molecular flexibility index (Phi) is 5.09. The van der Waals surface area contributed by atoms with E-state index in [0.29, 0.717) is 34.7 Å².